The number of hydrogen-bond donors (Lipinski definition) is 5. The Labute approximate surface area is 168 Å². The van der Waals surface area contributed by atoms with E-state index < -0.39 is 24.1 Å². The van der Waals surface area contributed by atoms with Gasteiger partial charge in [-0.2, -0.15) is 5.26 Å². The van der Waals surface area contributed by atoms with Crippen LogP contribution in [-0.4, -0.2) is 57.7 Å². The minimum atomic E-state index is -1.09. The summed E-state index contributed by atoms with van der Waals surface area (Å²) in [7, 11) is 0. The molecule has 0 radical (unpaired) electrons. The van der Waals surface area contributed by atoms with Crippen LogP contribution in [0.1, 0.15) is 31.2 Å². The Morgan fingerprint density at radius 2 is 1.93 bits per heavy atom. The molecule has 0 fully saturated rings. The van der Waals surface area contributed by atoms with E-state index in [0.717, 1.165) is 0 Å². The number of rotatable bonds is 13. The highest BCUT2D eigenvalue weighted by Crippen LogP contribution is 2.25. The van der Waals surface area contributed by atoms with Crippen molar-refractivity contribution in [2.45, 2.75) is 44.2 Å². The van der Waals surface area contributed by atoms with E-state index in [1.807, 2.05) is 0 Å². The number of aliphatic carboxylic acids is 1. The molecule has 0 saturated carbocycles. The molecule has 9 heteroatoms. The van der Waals surface area contributed by atoms with Gasteiger partial charge in [0.05, 0.1) is 12.7 Å². The third kappa shape index (κ3) is 9.10. The summed E-state index contributed by atoms with van der Waals surface area (Å²) < 4.78 is 4.84. The van der Waals surface area contributed by atoms with Crippen LogP contribution in [0, 0.1) is 11.3 Å². The summed E-state index contributed by atoms with van der Waals surface area (Å²) in [6.45, 7) is 3.49. The van der Waals surface area contributed by atoms with E-state index in [1.54, 1.807) is 6.07 Å². The maximum absolute atomic E-state index is 11.4. The number of hydrogen-bond acceptors (Lipinski definition) is 8. The van der Waals surface area contributed by atoms with E-state index in [2.05, 4.69) is 11.9 Å². The van der Waals surface area contributed by atoms with Crippen molar-refractivity contribution in [2.75, 3.05) is 13.2 Å². The molecule has 0 aliphatic carbocycles. The van der Waals surface area contributed by atoms with E-state index in [0.29, 0.717) is 31.2 Å². The molecular weight excluding hydrogens is 380 g/mol. The number of esters is 1. The maximum atomic E-state index is 11.4. The van der Waals surface area contributed by atoms with Gasteiger partial charge < -0.3 is 30.5 Å². The third-order valence-corrected chi connectivity index (χ3v) is 4.17. The fraction of sp³-hybridized carbons (Fsp3) is 0.450. The van der Waals surface area contributed by atoms with Crippen LogP contribution in [0.2, 0.25) is 0 Å². The van der Waals surface area contributed by atoms with E-state index >= 15 is 0 Å². The lowest BCUT2D eigenvalue weighted by molar-refractivity contribution is -0.140. The molecule has 0 amide bonds. The normalized spacial score (nSPS) is 12.6. The number of carbonyl (C=O) groups is 2. The van der Waals surface area contributed by atoms with Crippen LogP contribution < -0.4 is 5.32 Å². The van der Waals surface area contributed by atoms with Crippen LogP contribution in [0.3, 0.4) is 0 Å². The van der Waals surface area contributed by atoms with Crippen LogP contribution >= 0.6 is 0 Å². The number of nitriles is 1. The monoisotopic (exact) mass is 406 g/mol. The lowest BCUT2D eigenvalue weighted by atomic mass is 10.0. The summed E-state index contributed by atoms with van der Waals surface area (Å²) in [5.74, 6) is -2.44. The van der Waals surface area contributed by atoms with E-state index in [4.69, 9.17) is 10.00 Å². The number of nitrogens with zero attached hydrogens (tertiary/aromatic N) is 1. The fourth-order valence-electron chi connectivity index (χ4n) is 2.52. The van der Waals surface area contributed by atoms with Crippen LogP contribution in [-0.2, 0) is 20.7 Å². The number of aliphatic hydroxyl groups excluding tert-OH is 1. The molecule has 1 aromatic rings. The number of phenolic OH excluding ortho intramolecular Hbond substituents is 2. The topological polar surface area (TPSA) is 160 Å². The molecule has 1 rings (SSSR count). The molecule has 0 bridgehead atoms. The first-order chi connectivity index (χ1) is 13.7. The van der Waals surface area contributed by atoms with E-state index in [9.17, 15) is 30.0 Å². The second-order valence-electron chi connectivity index (χ2n) is 6.56. The number of nitrogens with one attached hydrogen (secondary N) is 1. The number of aromatic hydroxyl groups is 2. The lowest BCUT2D eigenvalue weighted by Gasteiger charge is -2.18. The van der Waals surface area contributed by atoms with Crippen molar-refractivity contribution < 1.29 is 34.8 Å². The van der Waals surface area contributed by atoms with Crippen molar-refractivity contribution in [3.8, 4) is 17.6 Å². The largest absolute Gasteiger partial charge is 0.504 e. The van der Waals surface area contributed by atoms with Crippen molar-refractivity contribution in [3.63, 3.8) is 0 Å². The molecular formula is C20H26N2O7. The van der Waals surface area contributed by atoms with E-state index in [-0.39, 0.29) is 36.6 Å². The first kappa shape index (κ1) is 23.9. The van der Waals surface area contributed by atoms with Gasteiger partial charge in [-0.25, -0.2) is 4.79 Å². The molecule has 1 unspecified atom stereocenters. The van der Waals surface area contributed by atoms with Crippen molar-refractivity contribution in [1.29, 1.82) is 5.26 Å². The summed E-state index contributed by atoms with van der Waals surface area (Å²) in [6, 6.07) is 4.74. The average Bonchev–Trinajstić information content (AvgIpc) is 2.69. The van der Waals surface area contributed by atoms with Gasteiger partial charge in [-0.05, 0) is 43.4 Å². The van der Waals surface area contributed by atoms with Gasteiger partial charge in [-0.1, -0.05) is 19.1 Å². The first-order valence-corrected chi connectivity index (χ1v) is 9.15. The smallest absolute Gasteiger partial charge is 0.348 e. The lowest BCUT2D eigenvalue weighted by Crippen LogP contribution is -2.42. The zero-order valence-electron chi connectivity index (χ0n) is 16.0. The summed E-state index contributed by atoms with van der Waals surface area (Å²) in [5.41, 5.74) is 0.283. The number of carboxylic acid groups (broad SMARTS) is 1. The van der Waals surface area contributed by atoms with Gasteiger partial charge in [0, 0.05) is 6.54 Å². The highest BCUT2D eigenvalue weighted by molar-refractivity contribution is 5.91. The van der Waals surface area contributed by atoms with E-state index in [1.165, 1.54) is 18.2 Å². The van der Waals surface area contributed by atoms with Crippen molar-refractivity contribution in [2.24, 2.45) is 0 Å². The summed E-state index contributed by atoms with van der Waals surface area (Å²) in [5, 5.41) is 49.4. The van der Waals surface area contributed by atoms with Crippen molar-refractivity contribution >= 4 is 11.9 Å². The molecule has 0 aromatic heterocycles. The fourth-order valence-corrected chi connectivity index (χ4v) is 2.52. The molecule has 158 valence electrons. The minimum absolute atomic E-state index is 0.0786. The van der Waals surface area contributed by atoms with Gasteiger partial charge >= 0.3 is 11.9 Å². The Kier molecular flexibility index (Phi) is 10.2. The predicted molar refractivity (Wildman–Crippen MR) is 103 cm³/mol. The number of unbranched alkanes of at least 4 members (excludes halogenated alkanes) is 2. The van der Waals surface area contributed by atoms with Crippen molar-refractivity contribution in [1.82, 2.24) is 5.32 Å². The molecule has 1 aromatic carbocycles. The molecule has 5 N–H and O–H groups in total. The third-order valence-electron chi connectivity index (χ3n) is 4.17. The number of benzene rings is 1. The van der Waals surface area contributed by atoms with Crippen LogP contribution in [0.25, 0.3) is 0 Å². The van der Waals surface area contributed by atoms with Gasteiger partial charge in [-0.15, -0.1) is 0 Å². The number of carbonyl (C=O) groups excluding carboxylic acids is 1. The second-order valence-corrected chi connectivity index (χ2v) is 6.56. The number of ether oxygens (including phenoxy) is 1. The Morgan fingerprint density at radius 1 is 1.21 bits per heavy atom. The van der Waals surface area contributed by atoms with Crippen LogP contribution in [0.15, 0.2) is 30.4 Å². The van der Waals surface area contributed by atoms with Gasteiger partial charge in [0.25, 0.3) is 0 Å². The number of phenols is 2. The Morgan fingerprint density at radius 3 is 2.55 bits per heavy atom. The molecule has 2 atom stereocenters. The van der Waals surface area contributed by atoms with Crippen LogP contribution in [0.5, 0.6) is 11.5 Å². The molecule has 0 spiro atoms. The molecule has 9 nitrogen and oxygen atoms in total. The maximum Gasteiger partial charge on any atom is 0.348 e. The SMILES string of the molecule is C=C(C#N)C(=O)OCCCCCC(O)CN[C@@H](Cc1ccc(O)c(O)c1)C(=O)O. The summed E-state index contributed by atoms with van der Waals surface area (Å²) >= 11 is 0. The number of aliphatic hydroxyl groups is 1. The zero-order valence-corrected chi connectivity index (χ0v) is 16.0. The first-order valence-electron chi connectivity index (χ1n) is 9.15. The van der Waals surface area contributed by atoms with Gasteiger partial charge in [-0.3, -0.25) is 4.79 Å². The molecule has 0 heterocycles. The Hall–Kier alpha value is -3.09. The van der Waals surface area contributed by atoms with Crippen molar-refractivity contribution in [3.05, 3.63) is 35.9 Å². The van der Waals surface area contributed by atoms with Gasteiger partial charge in [0.15, 0.2) is 11.5 Å². The van der Waals surface area contributed by atoms with Gasteiger partial charge in [0.1, 0.15) is 17.7 Å². The number of carboxylic acids is 1. The summed E-state index contributed by atoms with van der Waals surface area (Å²) in [6.07, 6.45) is 1.70. The predicted octanol–water partition coefficient (Wildman–Crippen LogP) is 1.23. The molecule has 0 aliphatic rings. The average molecular weight is 406 g/mol. The second kappa shape index (κ2) is 12.4. The van der Waals surface area contributed by atoms with Crippen LogP contribution in [0.4, 0.5) is 0 Å². The standard InChI is InChI=1S/C20H26N2O7/c1-13(11-21)20(28)29-8-4-2-3-5-15(23)12-22-16(19(26)27)9-14-6-7-17(24)18(25)10-14/h6-7,10,15-16,22-25H,1-5,8-9,12H2,(H,26,27)/t15?,16-/m0/s1. The molecule has 0 aliphatic heterocycles. The molecule has 0 saturated heterocycles. The highest BCUT2D eigenvalue weighted by atomic mass is 16.5. The minimum Gasteiger partial charge on any atom is -0.504 e. The molecule has 29 heavy (non-hydrogen) atoms. The summed E-state index contributed by atoms with van der Waals surface area (Å²) in [4.78, 5) is 22.6. The zero-order chi connectivity index (χ0) is 21.8. The quantitative estimate of drug-likeness (QED) is 0.107. The highest BCUT2D eigenvalue weighted by Gasteiger charge is 2.19. The van der Waals surface area contributed by atoms with Gasteiger partial charge in [0.2, 0.25) is 0 Å². The Balaban J connectivity index is 2.28. The Bertz CT molecular complexity index is 758.